The van der Waals surface area contributed by atoms with Gasteiger partial charge in [-0.3, -0.25) is 4.79 Å². The van der Waals surface area contributed by atoms with Crippen molar-refractivity contribution >= 4 is 5.91 Å². The molecule has 88 valence electrons. The number of benzene rings is 1. The number of halogens is 1. The first-order chi connectivity index (χ1) is 7.72. The van der Waals surface area contributed by atoms with Gasteiger partial charge in [0.15, 0.2) is 0 Å². The van der Waals surface area contributed by atoms with E-state index >= 15 is 0 Å². The Hall–Kier alpha value is -1.42. The van der Waals surface area contributed by atoms with Crippen LogP contribution in [-0.4, -0.2) is 26.2 Å². The highest BCUT2D eigenvalue weighted by molar-refractivity contribution is 5.78. The number of methoxy groups -OCH3 is 1. The van der Waals surface area contributed by atoms with Crippen molar-refractivity contribution in [2.45, 2.75) is 12.8 Å². The summed E-state index contributed by atoms with van der Waals surface area (Å²) in [6, 6.07) is 6.06. The van der Waals surface area contributed by atoms with Gasteiger partial charge in [-0.15, -0.1) is 0 Å². The topological polar surface area (TPSA) is 38.3 Å². The highest BCUT2D eigenvalue weighted by Crippen LogP contribution is 2.03. The van der Waals surface area contributed by atoms with Gasteiger partial charge in [0.25, 0.3) is 0 Å². The molecule has 4 heteroatoms. The second-order valence-corrected chi connectivity index (χ2v) is 3.50. The average Bonchev–Trinajstić information content (AvgIpc) is 2.24. The molecule has 0 fully saturated rings. The molecule has 0 aliphatic carbocycles. The van der Waals surface area contributed by atoms with E-state index in [9.17, 15) is 9.18 Å². The van der Waals surface area contributed by atoms with E-state index in [-0.39, 0.29) is 18.1 Å². The Morgan fingerprint density at radius 3 is 3.00 bits per heavy atom. The van der Waals surface area contributed by atoms with E-state index in [2.05, 4.69) is 5.32 Å². The molecule has 0 spiro atoms. The first-order valence-electron chi connectivity index (χ1n) is 5.22. The van der Waals surface area contributed by atoms with Gasteiger partial charge in [0.2, 0.25) is 5.91 Å². The van der Waals surface area contributed by atoms with Gasteiger partial charge in [-0.05, 0) is 24.1 Å². The lowest BCUT2D eigenvalue weighted by atomic mass is 10.1. The number of ether oxygens (including phenoxy) is 1. The molecule has 0 heterocycles. The second-order valence-electron chi connectivity index (χ2n) is 3.50. The van der Waals surface area contributed by atoms with Crippen LogP contribution in [-0.2, 0) is 16.0 Å². The van der Waals surface area contributed by atoms with E-state index in [1.807, 2.05) is 0 Å². The van der Waals surface area contributed by atoms with E-state index in [4.69, 9.17) is 4.74 Å². The van der Waals surface area contributed by atoms with Gasteiger partial charge in [-0.1, -0.05) is 12.1 Å². The van der Waals surface area contributed by atoms with Crippen molar-refractivity contribution in [1.82, 2.24) is 5.32 Å². The highest BCUT2D eigenvalue weighted by atomic mass is 19.1. The predicted molar refractivity (Wildman–Crippen MR) is 59.6 cm³/mol. The number of carbonyl (C=O) groups is 1. The van der Waals surface area contributed by atoms with E-state index < -0.39 is 0 Å². The van der Waals surface area contributed by atoms with Gasteiger partial charge in [0, 0.05) is 20.3 Å². The van der Waals surface area contributed by atoms with Crippen LogP contribution in [0, 0.1) is 5.82 Å². The van der Waals surface area contributed by atoms with Crippen LogP contribution in [0.2, 0.25) is 0 Å². The lowest BCUT2D eigenvalue weighted by Gasteiger charge is -2.04. The van der Waals surface area contributed by atoms with E-state index in [1.165, 1.54) is 12.1 Å². The maximum atomic E-state index is 12.8. The molecule has 0 unspecified atom stereocenters. The third kappa shape index (κ3) is 4.89. The van der Waals surface area contributed by atoms with Crippen LogP contribution in [0.3, 0.4) is 0 Å². The van der Waals surface area contributed by atoms with Crippen molar-refractivity contribution in [3.8, 4) is 0 Å². The molecule has 0 bridgehead atoms. The molecule has 0 aliphatic rings. The third-order valence-electron chi connectivity index (χ3n) is 2.10. The number of hydrogen-bond donors (Lipinski definition) is 1. The van der Waals surface area contributed by atoms with Gasteiger partial charge >= 0.3 is 0 Å². The molecule has 1 aromatic carbocycles. The molecule has 3 nitrogen and oxygen atoms in total. The monoisotopic (exact) mass is 225 g/mol. The van der Waals surface area contributed by atoms with Gasteiger partial charge in [-0.2, -0.15) is 0 Å². The molecule has 16 heavy (non-hydrogen) atoms. The lowest BCUT2D eigenvalue weighted by molar-refractivity contribution is -0.120. The fraction of sp³-hybridized carbons (Fsp3) is 0.417. The zero-order valence-corrected chi connectivity index (χ0v) is 9.33. The largest absolute Gasteiger partial charge is 0.385 e. The zero-order chi connectivity index (χ0) is 11.8. The summed E-state index contributed by atoms with van der Waals surface area (Å²) in [6.45, 7) is 1.21. The van der Waals surface area contributed by atoms with Crippen LogP contribution >= 0.6 is 0 Å². The van der Waals surface area contributed by atoms with Crippen LogP contribution in [0.15, 0.2) is 24.3 Å². The Bertz CT molecular complexity index is 342. The van der Waals surface area contributed by atoms with Crippen molar-refractivity contribution in [2.75, 3.05) is 20.3 Å². The molecule has 0 aromatic heterocycles. The lowest BCUT2D eigenvalue weighted by Crippen LogP contribution is -2.26. The summed E-state index contributed by atoms with van der Waals surface area (Å²) in [5.41, 5.74) is 0.684. The summed E-state index contributed by atoms with van der Waals surface area (Å²) in [4.78, 5) is 11.4. The minimum Gasteiger partial charge on any atom is -0.385 e. The summed E-state index contributed by atoms with van der Waals surface area (Å²) in [5, 5.41) is 2.74. The summed E-state index contributed by atoms with van der Waals surface area (Å²) in [5.74, 6) is -0.411. The highest BCUT2D eigenvalue weighted by Gasteiger charge is 2.03. The number of carbonyl (C=O) groups excluding carboxylic acids is 1. The minimum absolute atomic E-state index is 0.0956. The first kappa shape index (κ1) is 12.6. The third-order valence-corrected chi connectivity index (χ3v) is 2.10. The van der Waals surface area contributed by atoms with E-state index in [1.54, 1.807) is 19.2 Å². The van der Waals surface area contributed by atoms with Crippen molar-refractivity contribution < 1.29 is 13.9 Å². The van der Waals surface area contributed by atoms with Gasteiger partial charge in [0.1, 0.15) is 5.82 Å². The smallest absolute Gasteiger partial charge is 0.224 e. The normalized spacial score (nSPS) is 10.1. The Morgan fingerprint density at radius 1 is 1.50 bits per heavy atom. The number of hydrogen-bond acceptors (Lipinski definition) is 2. The van der Waals surface area contributed by atoms with E-state index in [0.29, 0.717) is 18.7 Å². The second kappa shape index (κ2) is 6.95. The summed E-state index contributed by atoms with van der Waals surface area (Å²) in [6.07, 6.45) is 0.996. The molecular formula is C12H16FNO2. The molecule has 0 saturated heterocycles. The molecule has 0 saturated carbocycles. The quantitative estimate of drug-likeness (QED) is 0.745. The fourth-order valence-corrected chi connectivity index (χ4v) is 1.34. The van der Waals surface area contributed by atoms with Gasteiger partial charge in [0.05, 0.1) is 6.42 Å². The number of nitrogens with one attached hydrogen (secondary N) is 1. The Balaban J connectivity index is 2.29. The fourth-order valence-electron chi connectivity index (χ4n) is 1.34. The molecule has 1 N–H and O–H groups in total. The van der Waals surface area contributed by atoms with Crippen molar-refractivity contribution in [2.24, 2.45) is 0 Å². The van der Waals surface area contributed by atoms with Gasteiger partial charge < -0.3 is 10.1 Å². The minimum atomic E-state index is -0.315. The molecular weight excluding hydrogens is 209 g/mol. The van der Waals surface area contributed by atoms with Crippen molar-refractivity contribution in [1.29, 1.82) is 0 Å². The summed E-state index contributed by atoms with van der Waals surface area (Å²) < 4.78 is 17.7. The molecule has 0 aliphatic heterocycles. The van der Waals surface area contributed by atoms with Crippen molar-refractivity contribution in [3.05, 3.63) is 35.6 Å². The van der Waals surface area contributed by atoms with Crippen LogP contribution in [0.1, 0.15) is 12.0 Å². The summed E-state index contributed by atoms with van der Waals surface area (Å²) in [7, 11) is 1.62. The van der Waals surface area contributed by atoms with Crippen LogP contribution < -0.4 is 5.32 Å². The van der Waals surface area contributed by atoms with E-state index in [0.717, 1.165) is 6.42 Å². The molecule has 1 amide bonds. The number of amides is 1. The average molecular weight is 225 g/mol. The molecule has 0 radical (unpaired) electrons. The Labute approximate surface area is 94.6 Å². The number of rotatable bonds is 6. The Morgan fingerprint density at radius 2 is 2.31 bits per heavy atom. The molecule has 1 rings (SSSR count). The maximum absolute atomic E-state index is 12.8. The SMILES string of the molecule is COCCCNC(=O)Cc1cccc(F)c1. The van der Waals surface area contributed by atoms with Crippen LogP contribution in [0.25, 0.3) is 0 Å². The van der Waals surface area contributed by atoms with Crippen molar-refractivity contribution in [3.63, 3.8) is 0 Å². The maximum Gasteiger partial charge on any atom is 0.224 e. The zero-order valence-electron chi connectivity index (χ0n) is 9.33. The standard InChI is InChI=1S/C12H16FNO2/c1-16-7-3-6-14-12(15)9-10-4-2-5-11(13)8-10/h2,4-5,8H,3,6-7,9H2,1H3,(H,14,15). The van der Waals surface area contributed by atoms with Gasteiger partial charge in [-0.25, -0.2) is 4.39 Å². The Kier molecular flexibility index (Phi) is 5.50. The first-order valence-corrected chi connectivity index (χ1v) is 5.22. The summed E-state index contributed by atoms with van der Waals surface area (Å²) >= 11 is 0. The molecule has 1 aromatic rings. The van der Waals surface area contributed by atoms with Crippen LogP contribution in [0.4, 0.5) is 4.39 Å². The van der Waals surface area contributed by atoms with Crippen LogP contribution in [0.5, 0.6) is 0 Å². The predicted octanol–water partition coefficient (Wildman–Crippen LogP) is 1.52. The molecule has 0 atom stereocenters.